The molecule has 2 aromatic carbocycles. The molecule has 2 aromatic rings. The van der Waals surface area contributed by atoms with E-state index < -0.39 is 0 Å². The summed E-state index contributed by atoms with van der Waals surface area (Å²) < 4.78 is 5.11. The number of ether oxygens (including phenoxy) is 1. The Balaban J connectivity index is 1.51. The molecule has 1 fully saturated rings. The number of nitrogens with one attached hydrogen (secondary N) is 2. The Hall–Kier alpha value is -2.82. The molecule has 0 saturated heterocycles. The van der Waals surface area contributed by atoms with E-state index >= 15 is 0 Å². The number of methoxy groups -OCH3 is 1. The summed E-state index contributed by atoms with van der Waals surface area (Å²) in [5, 5.41) is 5.87. The molecule has 2 N–H and O–H groups in total. The molecule has 2 amide bonds. The molecule has 0 heterocycles. The summed E-state index contributed by atoms with van der Waals surface area (Å²) in [7, 11) is 1.60. The summed E-state index contributed by atoms with van der Waals surface area (Å²) in [5.74, 6) is 0.884. The van der Waals surface area contributed by atoms with Gasteiger partial charge >= 0.3 is 0 Å². The first-order chi connectivity index (χ1) is 13.2. The van der Waals surface area contributed by atoms with Gasteiger partial charge in [-0.2, -0.15) is 0 Å². The van der Waals surface area contributed by atoms with Gasteiger partial charge < -0.3 is 15.4 Å². The van der Waals surface area contributed by atoms with Crippen molar-refractivity contribution in [2.45, 2.75) is 38.6 Å². The summed E-state index contributed by atoms with van der Waals surface area (Å²) in [6.45, 7) is 0.496. The molecule has 0 bridgehead atoms. The van der Waals surface area contributed by atoms with Crippen molar-refractivity contribution >= 4 is 17.5 Å². The van der Waals surface area contributed by atoms with Crippen molar-refractivity contribution in [2.24, 2.45) is 5.92 Å². The van der Waals surface area contributed by atoms with E-state index in [4.69, 9.17) is 4.74 Å². The van der Waals surface area contributed by atoms with Crippen molar-refractivity contribution in [3.63, 3.8) is 0 Å². The average Bonchev–Trinajstić information content (AvgIpc) is 2.73. The number of carbonyl (C=O) groups excluding carboxylic acids is 2. The molecule has 1 aliphatic rings. The molecule has 5 nitrogen and oxygen atoms in total. The van der Waals surface area contributed by atoms with Gasteiger partial charge in [-0.25, -0.2) is 0 Å². The lowest BCUT2D eigenvalue weighted by atomic mass is 9.88. The Morgan fingerprint density at radius 2 is 1.63 bits per heavy atom. The molecule has 142 valence electrons. The van der Waals surface area contributed by atoms with Gasteiger partial charge in [0.2, 0.25) is 5.91 Å². The molecule has 5 heteroatoms. The van der Waals surface area contributed by atoms with Crippen molar-refractivity contribution in [2.75, 3.05) is 12.4 Å². The molecule has 1 saturated carbocycles. The van der Waals surface area contributed by atoms with Crippen LogP contribution < -0.4 is 15.4 Å². The Morgan fingerprint density at radius 1 is 0.963 bits per heavy atom. The lowest BCUT2D eigenvalue weighted by molar-refractivity contribution is -0.126. The second-order valence-electron chi connectivity index (χ2n) is 6.93. The van der Waals surface area contributed by atoms with Gasteiger partial charge in [0, 0.05) is 23.7 Å². The molecule has 0 atom stereocenters. The average molecular weight is 366 g/mol. The van der Waals surface area contributed by atoms with Crippen molar-refractivity contribution in [3.8, 4) is 5.75 Å². The van der Waals surface area contributed by atoms with Gasteiger partial charge in [-0.1, -0.05) is 31.4 Å². The van der Waals surface area contributed by atoms with Crippen molar-refractivity contribution < 1.29 is 14.3 Å². The van der Waals surface area contributed by atoms with Gasteiger partial charge in [-0.3, -0.25) is 9.59 Å². The molecule has 0 unspecified atom stereocenters. The minimum Gasteiger partial charge on any atom is -0.497 e. The lowest BCUT2D eigenvalue weighted by Crippen LogP contribution is -2.31. The first-order valence-electron chi connectivity index (χ1n) is 9.48. The predicted molar refractivity (Wildman–Crippen MR) is 106 cm³/mol. The predicted octanol–water partition coefficient (Wildman–Crippen LogP) is 4.14. The highest BCUT2D eigenvalue weighted by Gasteiger charge is 2.20. The second-order valence-corrected chi connectivity index (χ2v) is 6.93. The fraction of sp³-hybridized carbons (Fsp3) is 0.364. The first-order valence-corrected chi connectivity index (χ1v) is 9.48. The summed E-state index contributed by atoms with van der Waals surface area (Å²) in [5.41, 5.74) is 2.28. The molecule has 0 spiro atoms. The van der Waals surface area contributed by atoms with E-state index in [1.54, 1.807) is 43.5 Å². The summed E-state index contributed by atoms with van der Waals surface area (Å²) in [6, 6.07) is 14.5. The van der Waals surface area contributed by atoms with Crippen LogP contribution in [0.3, 0.4) is 0 Å². The molecule has 1 aliphatic carbocycles. The third-order valence-electron chi connectivity index (χ3n) is 5.01. The standard InChI is InChI=1S/C22H26N2O3/c1-27-20-13-11-19(12-14-20)24-22(26)18-9-7-16(8-10-18)15-23-21(25)17-5-3-2-4-6-17/h7-14,17H,2-6,15H2,1H3,(H,23,25)(H,24,26). The molecule has 27 heavy (non-hydrogen) atoms. The van der Waals surface area contributed by atoms with E-state index in [2.05, 4.69) is 10.6 Å². The van der Waals surface area contributed by atoms with Crippen LogP contribution in [0.5, 0.6) is 5.75 Å². The largest absolute Gasteiger partial charge is 0.497 e. The van der Waals surface area contributed by atoms with Gasteiger partial charge in [0.1, 0.15) is 5.75 Å². The Bertz CT molecular complexity index is 763. The van der Waals surface area contributed by atoms with Crippen molar-refractivity contribution in [1.29, 1.82) is 0 Å². The maximum absolute atomic E-state index is 12.3. The van der Waals surface area contributed by atoms with Crippen LogP contribution in [-0.4, -0.2) is 18.9 Å². The quantitative estimate of drug-likeness (QED) is 0.807. The molecule has 3 rings (SSSR count). The van der Waals surface area contributed by atoms with Crippen LogP contribution >= 0.6 is 0 Å². The van der Waals surface area contributed by atoms with Gasteiger partial charge in [0.15, 0.2) is 0 Å². The van der Waals surface area contributed by atoms with E-state index in [0.29, 0.717) is 17.8 Å². The van der Waals surface area contributed by atoms with Crippen LogP contribution in [0, 0.1) is 5.92 Å². The SMILES string of the molecule is COc1ccc(NC(=O)c2ccc(CNC(=O)C3CCCCC3)cc2)cc1. The summed E-state index contributed by atoms with van der Waals surface area (Å²) >= 11 is 0. The molecular weight excluding hydrogens is 340 g/mol. The van der Waals surface area contributed by atoms with Crippen LogP contribution in [0.1, 0.15) is 48.0 Å². The van der Waals surface area contributed by atoms with Crippen molar-refractivity contribution in [3.05, 3.63) is 59.7 Å². The third kappa shape index (κ3) is 5.33. The molecular formula is C22H26N2O3. The number of benzene rings is 2. The molecule has 0 radical (unpaired) electrons. The van der Waals surface area contributed by atoms with Crippen LogP contribution in [-0.2, 0) is 11.3 Å². The van der Waals surface area contributed by atoms with Gasteiger partial charge in [0.05, 0.1) is 7.11 Å². The zero-order chi connectivity index (χ0) is 19.1. The van der Waals surface area contributed by atoms with Gasteiger partial charge in [-0.15, -0.1) is 0 Å². The first kappa shape index (κ1) is 19.0. The van der Waals surface area contributed by atoms with E-state index in [1.807, 2.05) is 12.1 Å². The maximum atomic E-state index is 12.3. The monoisotopic (exact) mass is 366 g/mol. The molecule has 0 aromatic heterocycles. The maximum Gasteiger partial charge on any atom is 0.255 e. The highest BCUT2D eigenvalue weighted by atomic mass is 16.5. The molecule has 0 aliphatic heterocycles. The topological polar surface area (TPSA) is 67.4 Å². The van der Waals surface area contributed by atoms with Crippen LogP contribution in [0.25, 0.3) is 0 Å². The van der Waals surface area contributed by atoms with Crippen LogP contribution in [0.2, 0.25) is 0 Å². The van der Waals surface area contributed by atoms with E-state index in [1.165, 1.54) is 6.42 Å². The summed E-state index contributed by atoms with van der Waals surface area (Å²) in [6.07, 6.45) is 5.53. The Morgan fingerprint density at radius 3 is 2.26 bits per heavy atom. The van der Waals surface area contributed by atoms with Crippen LogP contribution in [0.4, 0.5) is 5.69 Å². The smallest absolute Gasteiger partial charge is 0.255 e. The minimum absolute atomic E-state index is 0.149. The number of anilines is 1. The van der Waals surface area contributed by atoms with E-state index in [9.17, 15) is 9.59 Å². The van der Waals surface area contributed by atoms with Gasteiger partial charge in [-0.05, 0) is 54.8 Å². The van der Waals surface area contributed by atoms with Crippen LogP contribution in [0.15, 0.2) is 48.5 Å². The Kier molecular flexibility index (Phi) is 6.47. The number of hydrogen-bond acceptors (Lipinski definition) is 3. The number of amides is 2. The zero-order valence-corrected chi connectivity index (χ0v) is 15.7. The fourth-order valence-electron chi connectivity index (χ4n) is 3.35. The lowest BCUT2D eigenvalue weighted by Gasteiger charge is -2.20. The number of carbonyl (C=O) groups is 2. The second kappa shape index (κ2) is 9.21. The third-order valence-corrected chi connectivity index (χ3v) is 5.01. The number of hydrogen-bond donors (Lipinski definition) is 2. The van der Waals surface area contributed by atoms with Gasteiger partial charge in [0.25, 0.3) is 5.91 Å². The normalized spacial score (nSPS) is 14.4. The Labute approximate surface area is 160 Å². The number of rotatable bonds is 6. The minimum atomic E-state index is -0.169. The fourth-order valence-corrected chi connectivity index (χ4v) is 3.35. The highest BCUT2D eigenvalue weighted by Crippen LogP contribution is 2.23. The highest BCUT2D eigenvalue weighted by molar-refractivity contribution is 6.04. The van der Waals surface area contributed by atoms with E-state index in [0.717, 1.165) is 37.0 Å². The van der Waals surface area contributed by atoms with E-state index in [-0.39, 0.29) is 17.7 Å². The van der Waals surface area contributed by atoms with Crippen molar-refractivity contribution in [1.82, 2.24) is 5.32 Å². The summed E-state index contributed by atoms with van der Waals surface area (Å²) in [4.78, 5) is 24.6. The zero-order valence-electron chi connectivity index (χ0n) is 15.7.